The van der Waals surface area contributed by atoms with Gasteiger partial charge in [-0.05, 0) is 54.8 Å². The molecule has 0 saturated carbocycles. The van der Waals surface area contributed by atoms with Gasteiger partial charge >= 0.3 is 0 Å². The van der Waals surface area contributed by atoms with Crippen LogP contribution in [0.2, 0.25) is 0 Å². The second-order valence-electron chi connectivity index (χ2n) is 9.82. The minimum absolute atomic E-state index is 0.0378. The highest BCUT2D eigenvalue weighted by Crippen LogP contribution is 2.43. The van der Waals surface area contributed by atoms with Gasteiger partial charge in [0.25, 0.3) is 5.91 Å². The minimum Gasteiger partial charge on any atom is -0.497 e. The molecule has 1 atom stereocenters. The van der Waals surface area contributed by atoms with E-state index in [0.29, 0.717) is 5.56 Å². The summed E-state index contributed by atoms with van der Waals surface area (Å²) < 4.78 is 5.45. The van der Waals surface area contributed by atoms with E-state index in [1.54, 1.807) is 18.4 Å². The van der Waals surface area contributed by atoms with Crippen molar-refractivity contribution in [2.45, 2.75) is 26.4 Å². The zero-order valence-corrected chi connectivity index (χ0v) is 23.1. The van der Waals surface area contributed by atoms with Crippen molar-refractivity contribution in [3.8, 4) is 5.75 Å². The van der Waals surface area contributed by atoms with E-state index in [4.69, 9.17) is 4.74 Å². The smallest absolute Gasteiger partial charge is 0.256 e. The maximum Gasteiger partial charge on any atom is 0.256 e. The second kappa shape index (κ2) is 11.9. The lowest BCUT2D eigenvalue weighted by atomic mass is 9.94. The van der Waals surface area contributed by atoms with Crippen LogP contribution < -0.4 is 10.1 Å². The quantitative estimate of drug-likeness (QED) is 0.284. The Morgan fingerprint density at radius 2 is 1.53 bits per heavy atom. The first-order valence-corrected chi connectivity index (χ1v) is 14.0. The van der Waals surface area contributed by atoms with E-state index in [2.05, 4.69) is 71.4 Å². The number of carbonyl (C=O) groups is 1. The van der Waals surface area contributed by atoms with E-state index < -0.39 is 0 Å². The zero-order valence-electron chi connectivity index (χ0n) is 22.3. The molecule has 5 nitrogen and oxygen atoms in total. The summed E-state index contributed by atoms with van der Waals surface area (Å²) in [6.45, 7) is 9.18. The largest absolute Gasteiger partial charge is 0.497 e. The molecule has 0 bridgehead atoms. The molecule has 1 aliphatic heterocycles. The van der Waals surface area contributed by atoms with Crippen molar-refractivity contribution < 1.29 is 9.53 Å². The maximum atomic E-state index is 13.2. The number of aryl methyl sites for hydroxylation is 1. The summed E-state index contributed by atoms with van der Waals surface area (Å²) in [6, 6.07) is 28.6. The third kappa shape index (κ3) is 5.83. The lowest BCUT2D eigenvalue weighted by Crippen LogP contribution is -2.47. The topological polar surface area (TPSA) is 44.8 Å². The molecule has 1 saturated heterocycles. The average Bonchev–Trinajstić information content (AvgIpc) is 3.23. The van der Waals surface area contributed by atoms with Gasteiger partial charge in [-0.3, -0.25) is 14.6 Å². The highest BCUT2D eigenvalue weighted by atomic mass is 32.1. The fraction of sp³-hybridized carbons (Fsp3) is 0.281. The van der Waals surface area contributed by atoms with E-state index in [9.17, 15) is 4.79 Å². The first-order valence-electron chi connectivity index (χ1n) is 13.1. The Kier molecular flexibility index (Phi) is 8.23. The highest BCUT2D eigenvalue weighted by molar-refractivity contribution is 7.16. The van der Waals surface area contributed by atoms with E-state index in [0.717, 1.165) is 43.5 Å². The van der Waals surface area contributed by atoms with Gasteiger partial charge in [-0.2, -0.15) is 0 Å². The van der Waals surface area contributed by atoms with E-state index in [1.807, 2.05) is 42.5 Å². The molecule has 6 heteroatoms. The van der Waals surface area contributed by atoms with Crippen molar-refractivity contribution in [3.63, 3.8) is 0 Å². The number of piperazine rings is 1. The molecule has 0 radical (unpaired) electrons. The van der Waals surface area contributed by atoms with Crippen LogP contribution >= 0.6 is 11.3 Å². The monoisotopic (exact) mass is 525 g/mol. The van der Waals surface area contributed by atoms with Crippen LogP contribution in [0, 0.1) is 13.8 Å². The van der Waals surface area contributed by atoms with Crippen LogP contribution in [-0.4, -0.2) is 49.0 Å². The number of hydrogen-bond acceptors (Lipinski definition) is 5. The number of nitrogens with zero attached hydrogens (tertiary/aromatic N) is 2. The lowest BCUT2D eigenvalue weighted by molar-refractivity contribution is 0.102. The van der Waals surface area contributed by atoms with Gasteiger partial charge in [-0.15, -0.1) is 11.3 Å². The Balaban J connectivity index is 1.45. The van der Waals surface area contributed by atoms with Gasteiger partial charge in [0.2, 0.25) is 0 Å². The third-order valence-corrected chi connectivity index (χ3v) is 8.56. The molecule has 1 aromatic heterocycles. The predicted octanol–water partition coefficient (Wildman–Crippen LogP) is 6.53. The fourth-order valence-corrected chi connectivity index (χ4v) is 6.29. The van der Waals surface area contributed by atoms with E-state index in [1.165, 1.54) is 27.1 Å². The van der Waals surface area contributed by atoms with Crippen LogP contribution in [0.1, 0.15) is 43.5 Å². The number of thiophene rings is 1. The maximum absolute atomic E-state index is 13.2. The van der Waals surface area contributed by atoms with Crippen molar-refractivity contribution in [1.82, 2.24) is 9.80 Å². The molecule has 4 aromatic rings. The van der Waals surface area contributed by atoms with Crippen LogP contribution in [-0.2, 0) is 6.54 Å². The van der Waals surface area contributed by atoms with Crippen molar-refractivity contribution in [2.24, 2.45) is 0 Å². The molecule has 0 spiro atoms. The molecule has 2 heterocycles. The zero-order chi connectivity index (χ0) is 26.5. The Morgan fingerprint density at radius 1 is 0.895 bits per heavy atom. The molecule has 196 valence electrons. The molecule has 1 amide bonds. The van der Waals surface area contributed by atoms with E-state index >= 15 is 0 Å². The summed E-state index contributed by atoms with van der Waals surface area (Å²) in [5.41, 5.74) is 5.66. The van der Waals surface area contributed by atoms with Crippen molar-refractivity contribution >= 4 is 22.2 Å². The van der Waals surface area contributed by atoms with Crippen LogP contribution in [0.3, 0.4) is 0 Å². The van der Waals surface area contributed by atoms with Crippen LogP contribution in [0.5, 0.6) is 5.75 Å². The lowest BCUT2D eigenvalue weighted by Gasteiger charge is -2.40. The second-order valence-corrected chi connectivity index (χ2v) is 11.0. The van der Waals surface area contributed by atoms with Gasteiger partial charge in [0.15, 0.2) is 0 Å². The molecule has 38 heavy (non-hydrogen) atoms. The van der Waals surface area contributed by atoms with Gasteiger partial charge in [-0.25, -0.2) is 0 Å². The molecule has 0 aliphatic carbocycles. The fourth-order valence-electron chi connectivity index (χ4n) is 5.20. The first-order chi connectivity index (χ1) is 18.5. The minimum atomic E-state index is -0.0748. The Hall–Kier alpha value is -3.45. The van der Waals surface area contributed by atoms with Gasteiger partial charge in [0.1, 0.15) is 10.8 Å². The Bertz CT molecular complexity index is 1340. The Morgan fingerprint density at radius 3 is 2.16 bits per heavy atom. The summed E-state index contributed by atoms with van der Waals surface area (Å²) >= 11 is 1.67. The molecule has 3 aromatic carbocycles. The average molecular weight is 526 g/mol. The summed E-state index contributed by atoms with van der Waals surface area (Å²) in [7, 11) is 1.70. The van der Waals surface area contributed by atoms with Gasteiger partial charge in [0, 0.05) is 48.7 Å². The number of amides is 1. The summed E-state index contributed by atoms with van der Waals surface area (Å²) in [5, 5.41) is 4.19. The predicted molar refractivity (Wildman–Crippen MR) is 156 cm³/mol. The van der Waals surface area contributed by atoms with Gasteiger partial charge < -0.3 is 10.1 Å². The number of methoxy groups -OCH3 is 1. The number of anilines is 1. The number of hydrogen-bond donors (Lipinski definition) is 1. The highest BCUT2D eigenvalue weighted by Gasteiger charge is 2.31. The van der Waals surface area contributed by atoms with Crippen LogP contribution in [0.25, 0.3) is 0 Å². The molecular formula is C32H35N3O2S. The summed E-state index contributed by atoms with van der Waals surface area (Å²) in [4.78, 5) is 19.5. The molecule has 0 unspecified atom stereocenters. The Labute approximate surface area is 229 Å². The number of ether oxygens (including phenoxy) is 1. The molecule has 5 rings (SSSR count). The normalized spacial score (nSPS) is 15.2. The van der Waals surface area contributed by atoms with Crippen molar-refractivity contribution in [3.05, 3.63) is 118 Å². The van der Waals surface area contributed by atoms with Gasteiger partial charge in [0.05, 0.1) is 13.2 Å². The summed E-state index contributed by atoms with van der Waals surface area (Å²) in [6.07, 6.45) is 0. The van der Waals surface area contributed by atoms with Crippen molar-refractivity contribution in [1.29, 1.82) is 0 Å². The standard InChI is InChI=1S/C32H35N3O2S/c1-23-24(2)38-32(33-31(36)27-12-8-5-9-13-27)29(23)30(26-14-16-28(37-3)17-15-26)35-20-18-34(19-21-35)22-25-10-6-4-7-11-25/h4-17,30H,18-22H2,1-3H3,(H,33,36)/t30-/m0/s1. The molecule has 1 fully saturated rings. The number of rotatable bonds is 8. The third-order valence-electron chi connectivity index (χ3n) is 7.42. The molecule has 1 aliphatic rings. The SMILES string of the molecule is COc1ccc([C@@H](c2c(NC(=O)c3ccccc3)sc(C)c2C)N2CCN(Cc3ccccc3)CC2)cc1. The van der Waals surface area contributed by atoms with E-state index in [-0.39, 0.29) is 11.9 Å². The van der Waals surface area contributed by atoms with Crippen molar-refractivity contribution in [2.75, 3.05) is 38.6 Å². The molecular weight excluding hydrogens is 490 g/mol. The number of carbonyl (C=O) groups excluding carboxylic acids is 1. The number of benzene rings is 3. The molecule has 1 N–H and O–H groups in total. The van der Waals surface area contributed by atoms with Gasteiger partial charge in [-0.1, -0.05) is 60.7 Å². The van der Waals surface area contributed by atoms with Crippen LogP contribution in [0.15, 0.2) is 84.9 Å². The summed E-state index contributed by atoms with van der Waals surface area (Å²) in [5.74, 6) is 0.769. The number of nitrogens with one attached hydrogen (secondary N) is 1. The first kappa shape index (κ1) is 26.2. The van der Waals surface area contributed by atoms with Crippen LogP contribution in [0.4, 0.5) is 5.00 Å².